The first-order valence-corrected chi connectivity index (χ1v) is 5.89. The first-order valence-electron chi connectivity index (χ1n) is 5.51. The van der Waals surface area contributed by atoms with Gasteiger partial charge in [-0.3, -0.25) is 4.79 Å². The SMILES string of the molecule is CCOC(=O)c1cc(Cl)cc2c1OC(C)C(=O)N2. The van der Waals surface area contributed by atoms with Crippen LogP contribution in [0.15, 0.2) is 12.1 Å². The van der Waals surface area contributed by atoms with E-state index in [-0.39, 0.29) is 18.1 Å². The molecule has 0 bridgehead atoms. The van der Waals surface area contributed by atoms with Crippen LogP contribution < -0.4 is 10.1 Å². The average molecular weight is 270 g/mol. The predicted molar refractivity (Wildman–Crippen MR) is 66.1 cm³/mol. The largest absolute Gasteiger partial charge is 0.478 e. The summed E-state index contributed by atoms with van der Waals surface area (Å²) in [6.45, 7) is 3.56. The Morgan fingerprint density at radius 2 is 2.28 bits per heavy atom. The van der Waals surface area contributed by atoms with E-state index < -0.39 is 12.1 Å². The van der Waals surface area contributed by atoms with Gasteiger partial charge in [0.15, 0.2) is 11.9 Å². The van der Waals surface area contributed by atoms with E-state index in [0.29, 0.717) is 16.5 Å². The van der Waals surface area contributed by atoms with E-state index in [1.54, 1.807) is 13.8 Å². The number of rotatable bonds is 2. The second-order valence-corrected chi connectivity index (χ2v) is 4.24. The van der Waals surface area contributed by atoms with Crippen molar-refractivity contribution >= 4 is 29.2 Å². The van der Waals surface area contributed by atoms with Crippen LogP contribution in [0.25, 0.3) is 0 Å². The third-order valence-electron chi connectivity index (χ3n) is 2.47. The number of carbonyl (C=O) groups excluding carboxylic acids is 2. The number of hydrogen-bond donors (Lipinski definition) is 1. The highest BCUT2D eigenvalue weighted by molar-refractivity contribution is 6.31. The number of nitrogens with one attached hydrogen (secondary N) is 1. The van der Waals surface area contributed by atoms with Crippen LogP contribution in [0.1, 0.15) is 24.2 Å². The highest BCUT2D eigenvalue weighted by Crippen LogP contribution is 2.36. The number of hydrogen-bond acceptors (Lipinski definition) is 4. The van der Waals surface area contributed by atoms with E-state index in [9.17, 15) is 9.59 Å². The number of benzene rings is 1. The second kappa shape index (κ2) is 4.86. The van der Waals surface area contributed by atoms with E-state index in [4.69, 9.17) is 21.1 Å². The molecule has 2 rings (SSSR count). The molecule has 0 radical (unpaired) electrons. The van der Waals surface area contributed by atoms with Crippen molar-refractivity contribution in [2.24, 2.45) is 0 Å². The molecule has 1 aliphatic rings. The van der Waals surface area contributed by atoms with E-state index in [2.05, 4.69) is 5.32 Å². The fourth-order valence-electron chi connectivity index (χ4n) is 1.64. The Kier molecular flexibility index (Phi) is 3.43. The number of fused-ring (bicyclic) bond motifs is 1. The number of esters is 1. The van der Waals surface area contributed by atoms with Crippen LogP contribution in [-0.4, -0.2) is 24.6 Å². The van der Waals surface area contributed by atoms with Crippen LogP contribution in [0.3, 0.4) is 0 Å². The molecule has 0 aliphatic carbocycles. The molecule has 1 unspecified atom stereocenters. The molecule has 6 heteroatoms. The maximum Gasteiger partial charge on any atom is 0.342 e. The minimum absolute atomic E-state index is 0.214. The van der Waals surface area contributed by atoms with Crippen molar-refractivity contribution < 1.29 is 19.1 Å². The van der Waals surface area contributed by atoms with Gasteiger partial charge in [0.1, 0.15) is 5.56 Å². The second-order valence-electron chi connectivity index (χ2n) is 3.80. The molecule has 1 aromatic rings. The Balaban J connectivity index is 2.48. The van der Waals surface area contributed by atoms with E-state index in [0.717, 1.165) is 0 Å². The predicted octanol–water partition coefficient (Wildman–Crippen LogP) is 2.24. The number of carbonyl (C=O) groups is 2. The highest BCUT2D eigenvalue weighted by atomic mass is 35.5. The summed E-state index contributed by atoms with van der Waals surface area (Å²) in [5.74, 6) is -0.510. The summed E-state index contributed by atoms with van der Waals surface area (Å²) in [5.41, 5.74) is 0.597. The topological polar surface area (TPSA) is 64.6 Å². The summed E-state index contributed by atoms with van der Waals surface area (Å²) < 4.78 is 10.3. The summed E-state index contributed by atoms with van der Waals surface area (Å²) in [6.07, 6.45) is -0.660. The zero-order valence-electron chi connectivity index (χ0n) is 9.95. The smallest absolute Gasteiger partial charge is 0.342 e. The molecule has 0 fully saturated rings. The first-order chi connectivity index (χ1) is 8.52. The molecule has 1 aromatic carbocycles. The lowest BCUT2D eigenvalue weighted by Crippen LogP contribution is -2.35. The summed E-state index contributed by atoms with van der Waals surface area (Å²) in [7, 11) is 0. The monoisotopic (exact) mass is 269 g/mol. The number of ether oxygens (including phenoxy) is 2. The molecular formula is C12H12ClNO4. The molecule has 0 aromatic heterocycles. The van der Waals surface area contributed by atoms with Crippen molar-refractivity contribution in [3.05, 3.63) is 22.7 Å². The molecule has 1 amide bonds. The Hall–Kier alpha value is -1.75. The van der Waals surface area contributed by atoms with Crippen molar-refractivity contribution in [3.63, 3.8) is 0 Å². The highest BCUT2D eigenvalue weighted by Gasteiger charge is 2.28. The molecule has 1 atom stereocenters. The van der Waals surface area contributed by atoms with Gasteiger partial charge in [-0.1, -0.05) is 11.6 Å². The van der Waals surface area contributed by atoms with Crippen molar-refractivity contribution in [2.45, 2.75) is 20.0 Å². The lowest BCUT2D eigenvalue weighted by molar-refractivity contribution is -0.122. The van der Waals surface area contributed by atoms with Gasteiger partial charge in [-0.2, -0.15) is 0 Å². The molecule has 96 valence electrons. The molecule has 1 heterocycles. The summed E-state index contributed by atoms with van der Waals surface area (Å²) in [4.78, 5) is 23.3. The zero-order valence-corrected chi connectivity index (χ0v) is 10.7. The fraction of sp³-hybridized carbons (Fsp3) is 0.333. The normalized spacial score (nSPS) is 17.5. The maximum absolute atomic E-state index is 11.8. The quantitative estimate of drug-likeness (QED) is 0.836. The van der Waals surface area contributed by atoms with Crippen molar-refractivity contribution in [1.82, 2.24) is 0 Å². The number of amides is 1. The van der Waals surface area contributed by atoms with Gasteiger partial charge in [0.2, 0.25) is 0 Å². The summed E-state index contributed by atoms with van der Waals surface area (Å²) in [5, 5.41) is 2.96. The minimum atomic E-state index is -0.660. The van der Waals surface area contributed by atoms with Crippen LogP contribution in [0.5, 0.6) is 5.75 Å². The summed E-state index contributed by atoms with van der Waals surface area (Å²) in [6, 6.07) is 2.99. The van der Waals surface area contributed by atoms with Gasteiger partial charge in [0.05, 0.1) is 12.3 Å². The van der Waals surface area contributed by atoms with Crippen molar-refractivity contribution in [3.8, 4) is 5.75 Å². The molecule has 0 saturated heterocycles. The van der Waals surface area contributed by atoms with Crippen LogP contribution in [0.2, 0.25) is 5.02 Å². The van der Waals surface area contributed by atoms with Gasteiger partial charge < -0.3 is 14.8 Å². The molecule has 18 heavy (non-hydrogen) atoms. The summed E-state index contributed by atoms with van der Waals surface area (Å²) >= 11 is 5.90. The van der Waals surface area contributed by atoms with E-state index >= 15 is 0 Å². The zero-order chi connectivity index (χ0) is 13.3. The molecule has 5 nitrogen and oxygen atoms in total. The van der Waals surface area contributed by atoms with Gasteiger partial charge >= 0.3 is 5.97 Å². The molecule has 1 aliphatic heterocycles. The van der Waals surface area contributed by atoms with Crippen molar-refractivity contribution in [1.29, 1.82) is 0 Å². The van der Waals surface area contributed by atoms with E-state index in [1.165, 1.54) is 12.1 Å². The standard InChI is InChI=1S/C12H12ClNO4/c1-3-17-12(16)8-4-7(13)5-9-10(8)18-6(2)11(15)14-9/h4-6H,3H2,1-2H3,(H,14,15). The number of halogens is 1. The Morgan fingerprint density at radius 3 is 2.94 bits per heavy atom. The Labute approximate surface area is 109 Å². The first kappa shape index (κ1) is 12.7. The Morgan fingerprint density at radius 1 is 1.56 bits per heavy atom. The van der Waals surface area contributed by atoms with Crippen LogP contribution in [0, 0.1) is 0 Å². The van der Waals surface area contributed by atoms with E-state index in [1.807, 2.05) is 0 Å². The van der Waals surface area contributed by atoms with Crippen LogP contribution in [0.4, 0.5) is 5.69 Å². The van der Waals surface area contributed by atoms with Crippen molar-refractivity contribution in [2.75, 3.05) is 11.9 Å². The molecular weight excluding hydrogens is 258 g/mol. The van der Waals surface area contributed by atoms with Gasteiger partial charge in [-0.25, -0.2) is 4.79 Å². The van der Waals surface area contributed by atoms with Crippen LogP contribution in [-0.2, 0) is 9.53 Å². The van der Waals surface area contributed by atoms with Gasteiger partial charge in [-0.15, -0.1) is 0 Å². The Bertz CT molecular complexity index is 515. The number of anilines is 1. The molecule has 0 spiro atoms. The minimum Gasteiger partial charge on any atom is -0.478 e. The average Bonchev–Trinajstić information content (AvgIpc) is 2.30. The lowest BCUT2D eigenvalue weighted by atomic mass is 10.1. The third kappa shape index (κ3) is 2.26. The third-order valence-corrected chi connectivity index (χ3v) is 2.69. The molecule has 1 N–H and O–H groups in total. The van der Waals surface area contributed by atoms with Gasteiger partial charge in [0, 0.05) is 5.02 Å². The van der Waals surface area contributed by atoms with Gasteiger partial charge in [-0.05, 0) is 26.0 Å². The molecule has 0 saturated carbocycles. The van der Waals surface area contributed by atoms with Gasteiger partial charge in [0.25, 0.3) is 5.91 Å². The van der Waals surface area contributed by atoms with Crippen LogP contribution >= 0.6 is 11.6 Å². The lowest BCUT2D eigenvalue weighted by Gasteiger charge is -2.25. The fourth-order valence-corrected chi connectivity index (χ4v) is 1.86. The maximum atomic E-state index is 11.8.